The van der Waals surface area contributed by atoms with Crippen molar-refractivity contribution < 1.29 is 4.79 Å². The van der Waals surface area contributed by atoms with Crippen LogP contribution in [-0.2, 0) is 6.54 Å². The number of pyridine rings is 1. The summed E-state index contributed by atoms with van der Waals surface area (Å²) in [6.07, 6.45) is 5.03. The molecule has 2 heterocycles. The fourth-order valence-electron chi connectivity index (χ4n) is 2.43. The van der Waals surface area contributed by atoms with E-state index >= 15 is 0 Å². The number of aryl methyl sites for hydroxylation is 1. The van der Waals surface area contributed by atoms with Crippen molar-refractivity contribution in [2.24, 2.45) is 0 Å². The summed E-state index contributed by atoms with van der Waals surface area (Å²) in [7, 11) is 0. The first kappa shape index (κ1) is 15.0. The second kappa shape index (κ2) is 6.44. The summed E-state index contributed by atoms with van der Waals surface area (Å²) in [4.78, 5) is 16.3. The molecule has 0 aliphatic heterocycles. The van der Waals surface area contributed by atoms with Crippen molar-refractivity contribution in [2.45, 2.75) is 20.4 Å². The van der Waals surface area contributed by atoms with Gasteiger partial charge in [0.25, 0.3) is 5.91 Å². The van der Waals surface area contributed by atoms with Crippen LogP contribution >= 0.6 is 0 Å². The Kier molecular flexibility index (Phi) is 4.19. The molecule has 2 aromatic heterocycles. The second-order valence-electron chi connectivity index (χ2n) is 5.43. The molecule has 1 amide bonds. The Morgan fingerprint density at radius 1 is 1.17 bits per heavy atom. The van der Waals surface area contributed by atoms with Gasteiger partial charge in [-0.1, -0.05) is 12.1 Å². The molecule has 0 aliphatic carbocycles. The SMILES string of the molecule is Cc1cccc(-n2ncc(C(=O)NCc3ccncc3)c2C)c1. The quantitative estimate of drug-likeness (QED) is 0.806. The number of rotatable bonds is 4. The fraction of sp³-hybridized carbons (Fsp3) is 0.167. The third-order valence-corrected chi connectivity index (χ3v) is 3.70. The highest BCUT2D eigenvalue weighted by molar-refractivity contribution is 5.95. The first-order valence-electron chi connectivity index (χ1n) is 7.44. The summed E-state index contributed by atoms with van der Waals surface area (Å²) in [6, 6.07) is 11.8. The summed E-state index contributed by atoms with van der Waals surface area (Å²) in [5.41, 5.74) is 4.53. The predicted octanol–water partition coefficient (Wildman–Crippen LogP) is 2.81. The Hall–Kier alpha value is -2.95. The maximum atomic E-state index is 12.4. The van der Waals surface area contributed by atoms with Crippen LogP contribution in [0, 0.1) is 13.8 Å². The van der Waals surface area contributed by atoms with Crippen molar-refractivity contribution in [1.82, 2.24) is 20.1 Å². The van der Waals surface area contributed by atoms with Crippen molar-refractivity contribution in [2.75, 3.05) is 0 Å². The zero-order valence-corrected chi connectivity index (χ0v) is 13.2. The molecule has 3 rings (SSSR count). The highest BCUT2D eigenvalue weighted by Gasteiger charge is 2.14. The lowest BCUT2D eigenvalue weighted by atomic mass is 10.2. The summed E-state index contributed by atoms with van der Waals surface area (Å²) >= 11 is 0. The number of benzene rings is 1. The average molecular weight is 306 g/mol. The van der Waals surface area contributed by atoms with E-state index in [2.05, 4.69) is 15.4 Å². The Labute approximate surface area is 135 Å². The van der Waals surface area contributed by atoms with Crippen LogP contribution in [0.15, 0.2) is 55.0 Å². The van der Waals surface area contributed by atoms with Gasteiger partial charge in [-0.05, 0) is 49.2 Å². The normalized spacial score (nSPS) is 10.5. The van der Waals surface area contributed by atoms with Gasteiger partial charge in [-0.15, -0.1) is 0 Å². The van der Waals surface area contributed by atoms with E-state index in [0.29, 0.717) is 12.1 Å². The molecule has 23 heavy (non-hydrogen) atoms. The van der Waals surface area contributed by atoms with E-state index in [0.717, 1.165) is 22.5 Å². The molecule has 5 nitrogen and oxygen atoms in total. The van der Waals surface area contributed by atoms with E-state index in [9.17, 15) is 4.79 Å². The van der Waals surface area contributed by atoms with Gasteiger partial charge < -0.3 is 5.32 Å². The van der Waals surface area contributed by atoms with Gasteiger partial charge in [0.2, 0.25) is 0 Å². The third kappa shape index (κ3) is 3.29. The summed E-state index contributed by atoms with van der Waals surface area (Å²) in [5, 5.41) is 7.26. The van der Waals surface area contributed by atoms with Crippen LogP contribution in [0.2, 0.25) is 0 Å². The first-order valence-corrected chi connectivity index (χ1v) is 7.44. The standard InChI is InChI=1S/C18H18N4O/c1-13-4-3-5-16(10-13)22-14(2)17(12-21-22)18(23)20-11-15-6-8-19-9-7-15/h3-10,12H,11H2,1-2H3,(H,20,23). The zero-order valence-electron chi connectivity index (χ0n) is 13.2. The number of nitrogens with one attached hydrogen (secondary N) is 1. The molecular weight excluding hydrogens is 288 g/mol. The van der Waals surface area contributed by atoms with Gasteiger partial charge in [0.15, 0.2) is 0 Å². The van der Waals surface area contributed by atoms with E-state index in [-0.39, 0.29) is 5.91 Å². The smallest absolute Gasteiger partial charge is 0.255 e. The van der Waals surface area contributed by atoms with Crippen molar-refractivity contribution in [3.05, 3.63) is 77.4 Å². The van der Waals surface area contributed by atoms with E-state index in [1.165, 1.54) is 0 Å². The van der Waals surface area contributed by atoms with Crippen molar-refractivity contribution in [1.29, 1.82) is 0 Å². The van der Waals surface area contributed by atoms with Crippen LogP contribution in [0.1, 0.15) is 27.2 Å². The van der Waals surface area contributed by atoms with Crippen LogP contribution in [0.5, 0.6) is 0 Å². The fourth-order valence-corrected chi connectivity index (χ4v) is 2.43. The molecule has 0 spiro atoms. The molecule has 0 atom stereocenters. The molecule has 5 heteroatoms. The minimum absolute atomic E-state index is 0.127. The molecule has 0 saturated carbocycles. The third-order valence-electron chi connectivity index (χ3n) is 3.70. The molecule has 0 aliphatic rings. The first-order chi connectivity index (χ1) is 11.1. The number of carbonyl (C=O) groups excluding carboxylic acids is 1. The van der Waals surface area contributed by atoms with Gasteiger partial charge in [0, 0.05) is 18.9 Å². The molecule has 0 unspecified atom stereocenters. The van der Waals surface area contributed by atoms with Gasteiger partial charge in [0.05, 0.1) is 23.1 Å². The van der Waals surface area contributed by atoms with Crippen LogP contribution in [-0.4, -0.2) is 20.7 Å². The number of amides is 1. The topological polar surface area (TPSA) is 59.8 Å². The van der Waals surface area contributed by atoms with E-state index in [4.69, 9.17) is 0 Å². The van der Waals surface area contributed by atoms with Gasteiger partial charge in [-0.25, -0.2) is 4.68 Å². The summed E-state index contributed by atoms with van der Waals surface area (Å²) in [5.74, 6) is -0.127. The van der Waals surface area contributed by atoms with Crippen LogP contribution in [0.4, 0.5) is 0 Å². The highest BCUT2D eigenvalue weighted by atomic mass is 16.1. The Morgan fingerprint density at radius 2 is 1.96 bits per heavy atom. The number of carbonyl (C=O) groups is 1. The molecule has 116 valence electrons. The van der Waals surface area contributed by atoms with Gasteiger partial charge in [-0.2, -0.15) is 5.10 Å². The molecule has 0 bridgehead atoms. The molecular formula is C18H18N4O. The van der Waals surface area contributed by atoms with Crippen molar-refractivity contribution in [3.8, 4) is 5.69 Å². The zero-order chi connectivity index (χ0) is 16.2. The van der Waals surface area contributed by atoms with E-state index in [1.54, 1.807) is 23.3 Å². The Balaban J connectivity index is 1.77. The van der Waals surface area contributed by atoms with Crippen LogP contribution < -0.4 is 5.32 Å². The van der Waals surface area contributed by atoms with E-state index in [1.807, 2.05) is 50.2 Å². The lowest BCUT2D eigenvalue weighted by Gasteiger charge is -2.07. The van der Waals surface area contributed by atoms with Crippen LogP contribution in [0.3, 0.4) is 0 Å². The monoisotopic (exact) mass is 306 g/mol. The van der Waals surface area contributed by atoms with E-state index < -0.39 is 0 Å². The molecule has 0 saturated heterocycles. The van der Waals surface area contributed by atoms with Crippen molar-refractivity contribution >= 4 is 5.91 Å². The molecule has 1 N–H and O–H groups in total. The van der Waals surface area contributed by atoms with Crippen molar-refractivity contribution in [3.63, 3.8) is 0 Å². The lowest BCUT2D eigenvalue weighted by molar-refractivity contribution is 0.0950. The van der Waals surface area contributed by atoms with Gasteiger partial charge >= 0.3 is 0 Å². The molecule has 3 aromatic rings. The summed E-state index contributed by atoms with van der Waals surface area (Å²) < 4.78 is 1.79. The number of nitrogens with zero attached hydrogens (tertiary/aromatic N) is 3. The Bertz CT molecular complexity index is 824. The van der Waals surface area contributed by atoms with Gasteiger partial charge in [-0.3, -0.25) is 9.78 Å². The summed E-state index contributed by atoms with van der Waals surface area (Å²) in [6.45, 7) is 4.40. The molecule has 0 radical (unpaired) electrons. The highest BCUT2D eigenvalue weighted by Crippen LogP contribution is 2.15. The largest absolute Gasteiger partial charge is 0.348 e. The van der Waals surface area contributed by atoms with Gasteiger partial charge in [0.1, 0.15) is 0 Å². The minimum Gasteiger partial charge on any atom is -0.348 e. The Morgan fingerprint density at radius 3 is 2.70 bits per heavy atom. The predicted molar refractivity (Wildman–Crippen MR) is 88.4 cm³/mol. The average Bonchev–Trinajstić information content (AvgIpc) is 2.95. The number of hydrogen-bond acceptors (Lipinski definition) is 3. The second-order valence-corrected chi connectivity index (χ2v) is 5.43. The van der Waals surface area contributed by atoms with Crippen LogP contribution in [0.25, 0.3) is 5.69 Å². The maximum Gasteiger partial charge on any atom is 0.255 e. The molecule has 0 fully saturated rings. The number of hydrogen-bond donors (Lipinski definition) is 1. The minimum atomic E-state index is -0.127. The molecule has 1 aromatic carbocycles. The lowest BCUT2D eigenvalue weighted by Crippen LogP contribution is -2.23. The number of aromatic nitrogens is 3. The maximum absolute atomic E-state index is 12.4.